The summed E-state index contributed by atoms with van der Waals surface area (Å²) in [6, 6.07) is 29.0. The number of benzene rings is 4. The van der Waals surface area contributed by atoms with Gasteiger partial charge in [-0.1, -0.05) is 36.4 Å². The van der Waals surface area contributed by atoms with Crippen LogP contribution < -0.4 is 10.6 Å². The number of phenols is 1. The molecular weight excluding hydrogens is 562 g/mol. The molecule has 0 radical (unpaired) electrons. The predicted molar refractivity (Wildman–Crippen MR) is 163 cm³/mol. The highest BCUT2D eigenvalue weighted by Crippen LogP contribution is 2.37. The number of aromatic hydroxyl groups is 1. The summed E-state index contributed by atoms with van der Waals surface area (Å²) in [5, 5.41) is 18.6. The molecular formula is C29H18ClN7OS2. The molecule has 3 heterocycles. The van der Waals surface area contributed by atoms with E-state index in [1.807, 2.05) is 66.7 Å². The summed E-state index contributed by atoms with van der Waals surface area (Å²) in [6.07, 6.45) is 0. The van der Waals surface area contributed by atoms with Gasteiger partial charge in [-0.15, -0.1) is 22.7 Å². The minimum absolute atomic E-state index is 0.0347. The highest BCUT2D eigenvalue weighted by molar-refractivity contribution is 7.22. The topological polar surface area (TPSA) is 109 Å². The Morgan fingerprint density at radius 2 is 1.23 bits per heavy atom. The molecule has 4 aromatic carbocycles. The van der Waals surface area contributed by atoms with Gasteiger partial charge in [0.15, 0.2) is 0 Å². The van der Waals surface area contributed by atoms with E-state index in [9.17, 15) is 5.11 Å². The number of hydrogen-bond acceptors (Lipinski definition) is 10. The van der Waals surface area contributed by atoms with E-state index in [1.54, 1.807) is 29.5 Å². The maximum atomic E-state index is 10.5. The lowest BCUT2D eigenvalue weighted by Gasteiger charge is -2.10. The summed E-state index contributed by atoms with van der Waals surface area (Å²) in [6.45, 7) is 0. The fourth-order valence-corrected chi connectivity index (χ4v) is 6.33. The summed E-state index contributed by atoms with van der Waals surface area (Å²) < 4.78 is 2.18. The second-order valence-corrected chi connectivity index (χ2v) is 11.2. The van der Waals surface area contributed by atoms with Gasteiger partial charge in [0.05, 0.1) is 26.0 Å². The molecule has 0 aliphatic rings. The summed E-state index contributed by atoms with van der Waals surface area (Å²) in [7, 11) is 0. The highest BCUT2D eigenvalue weighted by atomic mass is 35.5. The Morgan fingerprint density at radius 1 is 0.600 bits per heavy atom. The van der Waals surface area contributed by atoms with Gasteiger partial charge in [0, 0.05) is 16.9 Å². The van der Waals surface area contributed by atoms with Crippen molar-refractivity contribution in [2.45, 2.75) is 0 Å². The van der Waals surface area contributed by atoms with E-state index < -0.39 is 0 Å². The van der Waals surface area contributed by atoms with Crippen LogP contribution in [0.3, 0.4) is 0 Å². The highest BCUT2D eigenvalue weighted by Gasteiger charge is 2.13. The van der Waals surface area contributed by atoms with Crippen LogP contribution in [0.2, 0.25) is 5.28 Å². The van der Waals surface area contributed by atoms with Crippen LogP contribution in [0, 0.1) is 0 Å². The third kappa shape index (κ3) is 4.91. The number of aromatic nitrogens is 5. The fraction of sp³-hybridized carbons (Fsp3) is 0. The van der Waals surface area contributed by atoms with Crippen LogP contribution in [0.15, 0.2) is 91.0 Å². The van der Waals surface area contributed by atoms with E-state index in [0.29, 0.717) is 16.3 Å². The van der Waals surface area contributed by atoms with E-state index in [0.717, 1.165) is 36.7 Å². The molecule has 3 N–H and O–H groups in total. The van der Waals surface area contributed by atoms with Crippen molar-refractivity contribution in [3.8, 4) is 26.9 Å². The number of nitrogens with zero attached hydrogens (tertiary/aromatic N) is 5. The second kappa shape index (κ2) is 10.2. The largest absolute Gasteiger partial charge is 0.507 e. The minimum Gasteiger partial charge on any atom is -0.507 e. The lowest BCUT2D eigenvalue weighted by atomic mass is 10.2. The molecule has 0 saturated carbocycles. The van der Waals surface area contributed by atoms with Gasteiger partial charge in [-0.05, 0) is 66.2 Å². The first kappa shape index (κ1) is 24.4. The van der Waals surface area contributed by atoms with E-state index in [2.05, 4.69) is 36.6 Å². The molecule has 0 amide bonds. The van der Waals surface area contributed by atoms with Crippen molar-refractivity contribution in [1.82, 2.24) is 24.9 Å². The Morgan fingerprint density at radius 3 is 1.93 bits per heavy atom. The fourth-order valence-electron chi connectivity index (χ4n) is 4.22. The number of halogens is 1. The van der Waals surface area contributed by atoms with E-state index in [-0.39, 0.29) is 22.9 Å². The van der Waals surface area contributed by atoms with Gasteiger partial charge in [0.2, 0.25) is 17.2 Å². The van der Waals surface area contributed by atoms with Gasteiger partial charge in [-0.3, -0.25) is 0 Å². The number of fused-ring (bicyclic) bond motifs is 2. The van der Waals surface area contributed by atoms with Gasteiger partial charge >= 0.3 is 0 Å². The molecule has 0 bridgehead atoms. The molecule has 0 aliphatic heterocycles. The molecule has 0 fully saturated rings. The number of rotatable bonds is 6. The first-order valence-electron chi connectivity index (χ1n) is 12.2. The average molecular weight is 580 g/mol. The summed E-state index contributed by atoms with van der Waals surface area (Å²) in [5.74, 6) is 0.675. The Bertz CT molecular complexity index is 1960. The number of nitrogens with one attached hydrogen (secondary N) is 2. The van der Waals surface area contributed by atoms with E-state index in [4.69, 9.17) is 16.6 Å². The van der Waals surface area contributed by atoms with Gasteiger partial charge in [0.25, 0.3) is 0 Å². The predicted octanol–water partition coefficient (Wildman–Crippen LogP) is 8.27. The summed E-state index contributed by atoms with van der Waals surface area (Å²) in [4.78, 5) is 22.4. The molecule has 11 heteroatoms. The molecule has 0 spiro atoms. The number of anilines is 4. The van der Waals surface area contributed by atoms with E-state index >= 15 is 0 Å². The van der Waals surface area contributed by atoms with Gasteiger partial charge < -0.3 is 15.7 Å². The van der Waals surface area contributed by atoms with Gasteiger partial charge in [-0.25, -0.2) is 9.97 Å². The molecule has 0 saturated heterocycles. The number of hydrogen-bond donors (Lipinski definition) is 3. The van der Waals surface area contributed by atoms with Gasteiger partial charge in [0.1, 0.15) is 15.8 Å². The van der Waals surface area contributed by atoms with Crippen LogP contribution in [0.5, 0.6) is 5.75 Å². The Kier molecular flexibility index (Phi) is 6.20. The van der Waals surface area contributed by atoms with Gasteiger partial charge in [-0.2, -0.15) is 15.0 Å². The van der Waals surface area contributed by atoms with E-state index in [1.165, 1.54) is 11.3 Å². The standard InChI is InChI=1S/C29H18ClN7OS2/c30-27-35-28(31-17-7-5-6-16(14-17)25-33-20-8-1-3-10-23(20)39-25)37-29(36-27)32-18-12-13-22(38)19(15-18)26-34-21-9-2-4-11-24(21)40-26/h1-15,38H,(H2,31,32,35,36,37). The molecule has 194 valence electrons. The van der Waals surface area contributed by atoms with Crippen molar-refractivity contribution in [1.29, 1.82) is 0 Å². The molecule has 8 nitrogen and oxygen atoms in total. The number of thiazole rings is 2. The average Bonchev–Trinajstić information content (AvgIpc) is 3.58. The molecule has 0 unspecified atom stereocenters. The normalized spacial score (nSPS) is 11.2. The lowest BCUT2D eigenvalue weighted by Crippen LogP contribution is -2.04. The van der Waals surface area contributed by atoms with Crippen LogP contribution in [-0.2, 0) is 0 Å². The monoisotopic (exact) mass is 579 g/mol. The number of para-hydroxylation sites is 2. The maximum absolute atomic E-state index is 10.5. The molecule has 40 heavy (non-hydrogen) atoms. The first-order chi connectivity index (χ1) is 19.6. The van der Waals surface area contributed by atoms with Crippen molar-refractivity contribution in [3.05, 3.63) is 96.3 Å². The third-order valence-electron chi connectivity index (χ3n) is 6.04. The van der Waals surface area contributed by atoms with Crippen LogP contribution in [-0.4, -0.2) is 30.0 Å². The summed E-state index contributed by atoms with van der Waals surface area (Å²) >= 11 is 9.40. The molecule has 0 aliphatic carbocycles. The molecule has 7 aromatic rings. The maximum Gasteiger partial charge on any atom is 0.233 e. The number of phenolic OH excluding ortho intramolecular Hbond substituents is 1. The molecule has 7 rings (SSSR count). The SMILES string of the molecule is Oc1ccc(Nc2nc(Cl)nc(Nc3cccc(-c4nc5ccccc5s4)c3)n2)cc1-c1nc2ccccc2s1. The Labute approximate surface area is 241 Å². The van der Waals surface area contributed by atoms with Crippen molar-refractivity contribution in [2.24, 2.45) is 0 Å². The minimum atomic E-state index is 0.0347. The molecule has 3 aromatic heterocycles. The van der Waals surface area contributed by atoms with Crippen LogP contribution in [0.1, 0.15) is 0 Å². The second-order valence-electron chi connectivity index (χ2n) is 8.79. The van der Waals surface area contributed by atoms with Crippen molar-refractivity contribution >= 4 is 78.0 Å². The third-order valence-corrected chi connectivity index (χ3v) is 8.37. The van der Waals surface area contributed by atoms with Crippen molar-refractivity contribution < 1.29 is 5.11 Å². The van der Waals surface area contributed by atoms with Crippen LogP contribution in [0.25, 0.3) is 41.6 Å². The first-order valence-corrected chi connectivity index (χ1v) is 14.2. The Balaban J connectivity index is 1.15. The smallest absolute Gasteiger partial charge is 0.233 e. The summed E-state index contributed by atoms with van der Waals surface area (Å²) in [5.41, 5.74) is 4.90. The zero-order valence-electron chi connectivity index (χ0n) is 20.5. The molecule has 0 atom stereocenters. The quantitative estimate of drug-likeness (QED) is 0.169. The zero-order chi connectivity index (χ0) is 27.1. The Hall–Kier alpha value is -4.64. The lowest BCUT2D eigenvalue weighted by molar-refractivity contribution is 0.477. The van der Waals surface area contributed by atoms with Crippen molar-refractivity contribution in [2.75, 3.05) is 10.6 Å². The van der Waals surface area contributed by atoms with Crippen LogP contribution in [0.4, 0.5) is 23.3 Å². The van der Waals surface area contributed by atoms with Crippen LogP contribution >= 0.6 is 34.3 Å². The van der Waals surface area contributed by atoms with Crippen molar-refractivity contribution in [3.63, 3.8) is 0 Å². The zero-order valence-corrected chi connectivity index (χ0v) is 22.9.